The molecule has 17 heavy (non-hydrogen) atoms. The first-order valence-electron chi connectivity index (χ1n) is 6.33. The van der Waals surface area contributed by atoms with Gasteiger partial charge in [-0.3, -0.25) is 0 Å². The molecule has 1 saturated heterocycles. The van der Waals surface area contributed by atoms with Crippen molar-refractivity contribution < 1.29 is 0 Å². The molecule has 1 fully saturated rings. The number of hydrogen-bond acceptors (Lipinski definition) is 5. The average molecular weight is 254 g/mol. The topological polar surface area (TPSA) is 31.4 Å². The van der Waals surface area contributed by atoms with E-state index >= 15 is 0 Å². The minimum absolute atomic E-state index is 0.359. The Balaban J connectivity index is 1.98. The molecule has 0 saturated carbocycles. The van der Waals surface area contributed by atoms with Crippen molar-refractivity contribution in [1.29, 1.82) is 0 Å². The summed E-state index contributed by atoms with van der Waals surface area (Å²) in [4.78, 5) is 9.50. The first-order chi connectivity index (χ1) is 8.20. The van der Waals surface area contributed by atoms with Crippen molar-refractivity contribution >= 4 is 16.5 Å². The maximum Gasteiger partial charge on any atom is 0.185 e. The van der Waals surface area contributed by atoms with Gasteiger partial charge in [0.1, 0.15) is 0 Å². The summed E-state index contributed by atoms with van der Waals surface area (Å²) in [6, 6.07) is 0.359. The van der Waals surface area contributed by atoms with E-state index in [-0.39, 0.29) is 0 Å². The standard InChI is InChI=1S/C12H22N4S/c1-4-13-10(2)11-9-17-12(14-11)16-7-5-15(3)6-8-16/h9-10,13H,4-8H2,1-3H3. The third-order valence-electron chi connectivity index (χ3n) is 3.24. The predicted molar refractivity (Wildman–Crippen MR) is 73.9 cm³/mol. The van der Waals surface area contributed by atoms with Crippen LogP contribution in [0.5, 0.6) is 0 Å². The quantitative estimate of drug-likeness (QED) is 0.884. The first-order valence-corrected chi connectivity index (χ1v) is 7.21. The van der Waals surface area contributed by atoms with Crippen molar-refractivity contribution in [3.63, 3.8) is 0 Å². The van der Waals surface area contributed by atoms with Crippen molar-refractivity contribution in [1.82, 2.24) is 15.2 Å². The van der Waals surface area contributed by atoms with E-state index in [1.807, 2.05) is 0 Å². The molecule has 1 N–H and O–H groups in total. The number of likely N-dealkylation sites (N-methyl/N-ethyl adjacent to an activating group) is 1. The molecule has 1 aliphatic heterocycles. The van der Waals surface area contributed by atoms with E-state index in [1.54, 1.807) is 11.3 Å². The van der Waals surface area contributed by atoms with E-state index in [9.17, 15) is 0 Å². The Labute approximate surface area is 108 Å². The van der Waals surface area contributed by atoms with Crippen LogP contribution in [0.4, 0.5) is 5.13 Å². The van der Waals surface area contributed by atoms with Gasteiger partial charge < -0.3 is 15.1 Å². The largest absolute Gasteiger partial charge is 0.346 e. The molecule has 4 nitrogen and oxygen atoms in total. The van der Waals surface area contributed by atoms with Crippen molar-refractivity contribution in [3.05, 3.63) is 11.1 Å². The van der Waals surface area contributed by atoms with Crippen LogP contribution in [0.25, 0.3) is 0 Å². The number of anilines is 1. The van der Waals surface area contributed by atoms with Crippen LogP contribution in [-0.2, 0) is 0 Å². The molecule has 1 aliphatic rings. The fourth-order valence-electron chi connectivity index (χ4n) is 2.03. The van der Waals surface area contributed by atoms with Crippen LogP contribution in [-0.4, -0.2) is 49.7 Å². The molecule has 2 heterocycles. The summed E-state index contributed by atoms with van der Waals surface area (Å²) < 4.78 is 0. The lowest BCUT2D eigenvalue weighted by atomic mass is 10.2. The lowest BCUT2D eigenvalue weighted by Gasteiger charge is -2.32. The van der Waals surface area contributed by atoms with E-state index in [0.29, 0.717) is 6.04 Å². The summed E-state index contributed by atoms with van der Waals surface area (Å²) in [5.41, 5.74) is 1.17. The van der Waals surface area contributed by atoms with Gasteiger partial charge in [0.05, 0.1) is 5.69 Å². The van der Waals surface area contributed by atoms with Gasteiger partial charge in [-0.15, -0.1) is 11.3 Å². The van der Waals surface area contributed by atoms with Gasteiger partial charge in [-0.05, 0) is 20.5 Å². The van der Waals surface area contributed by atoms with Crippen molar-refractivity contribution in [2.75, 3.05) is 44.7 Å². The second kappa shape index (κ2) is 5.80. The summed E-state index contributed by atoms with van der Waals surface area (Å²) >= 11 is 1.77. The highest BCUT2D eigenvalue weighted by atomic mass is 32.1. The summed E-state index contributed by atoms with van der Waals surface area (Å²) in [6.07, 6.45) is 0. The Morgan fingerprint density at radius 1 is 1.41 bits per heavy atom. The maximum atomic E-state index is 4.74. The van der Waals surface area contributed by atoms with Gasteiger partial charge in [-0.1, -0.05) is 6.92 Å². The van der Waals surface area contributed by atoms with Gasteiger partial charge in [0.25, 0.3) is 0 Å². The second-order valence-corrected chi connectivity index (χ2v) is 5.46. The highest BCUT2D eigenvalue weighted by Crippen LogP contribution is 2.24. The van der Waals surface area contributed by atoms with Gasteiger partial charge in [-0.25, -0.2) is 4.98 Å². The number of nitrogens with zero attached hydrogens (tertiary/aromatic N) is 3. The molecule has 0 amide bonds. The molecule has 96 valence electrons. The molecule has 1 aromatic heterocycles. The molecule has 0 spiro atoms. The number of piperazine rings is 1. The van der Waals surface area contributed by atoms with E-state index in [2.05, 4.69) is 41.4 Å². The first kappa shape index (κ1) is 12.8. The van der Waals surface area contributed by atoms with Crippen LogP contribution in [0, 0.1) is 0 Å². The van der Waals surface area contributed by atoms with Crippen LogP contribution in [0.1, 0.15) is 25.6 Å². The Bertz CT molecular complexity index is 344. The summed E-state index contributed by atoms with van der Waals surface area (Å²) in [6.45, 7) is 9.76. The zero-order chi connectivity index (χ0) is 12.3. The lowest BCUT2D eigenvalue weighted by molar-refractivity contribution is 0.312. The Morgan fingerprint density at radius 2 is 2.12 bits per heavy atom. The lowest BCUT2D eigenvalue weighted by Crippen LogP contribution is -2.44. The van der Waals surface area contributed by atoms with E-state index in [0.717, 1.165) is 32.7 Å². The molecule has 5 heteroatoms. The molecule has 1 unspecified atom stereocenters. The average Bonchev–Trinajstić information content (AvgIpc) is 2.80. The van der Waals surface area contributed by atoms with Crippen LogP contribution in [0.3, 0.4) is 0 Å². The van der Waals surface area contributed by atoms with Crippen LogP contribution < -0.4 is 10.2 Å². The highest BCUT2D eigenvalue weighted by molar-refractivity contribution is 7.13. The van der Waals surface area contributed by atoms with Crippen molar-refractivity contribution in [2.24, 2.45) is 0 Å². The van der Waals surface area contributed by atoms with Crippen LogP contribution >= 0.6 is 11.3 Å². The van der Waals surface area contributed by atoms with E-state index in [1.165, 1.54) is 10.8 Å². The normalized spacial score (nSPS) is 19.6. The molecule has 0 aromatic carbocycles. The fraction of sp³-hybridized carbons (Fsp3) is 0.750. The number of thiazole rings is 1. The number of rotatable bonds is 4. The van der Waals surface area contributed by atoms with E-state index < -0.39 is 0 Å². The number of nitrogens with one attached hydrogen (secondary N) is 1. The third kappa shape index (κ3) is 3.18. The smallest absolute Gasteiger partial charge is 0.185 e. The van der Waals surface area contributed by atoms with Crippen molar-refractivity contribution in [2.45, 2.75) is 19.9 Å². The molecular weight excluding hydrogens is 232 g/mol. The van der Waals surface area contributed by atoms with Crippen molar-refractivity contribution in [3.8, 4) is 0 Å². The Kier molecular flexibility index (Phi) is 4.36. The predicted octanol–water partition coefficient (Wildman–Crippen LogP) is 1.57. The zero-order valence-corrected chi connectivity index (χ0v) is 11.8. The Hall–Kier alpha value is -0.650. The SMILES string of the molecule is CCNC(C)c1csc(N2CCN(C)CC2)n1. The minimum atomic E-state index is 0.359. The van der Waals surface area contributed by atoms with Crippen LogP contribution in [0.15, 0.2) is 5.38 Å². The second-order valence-electron chi connectivity index (χ2n) is 4.62. The molecule has 1 aromatic rings. The zero-order valence-electron chi connectivity index (χ0n) is 10.9. The van der Waals surface area contributed by atoms with Gasteiger partial charge in [0.15, 0.2) is 5.13 Å². The van der Waals surface area contributed by atoms with Gasteiger partial charge in [0.2, 0.25) is 0 Å². The minimum Gasteiger partial charge on any atom is -0.346 e. The summed E-state index contributed by atoms with van der Waals surface area (Å²) in [5, 5.41) is 6.76. The molecular formula is C12H22N4S. The number of hydrogen-bond donors (Lipinski definition) is 1. The number of aromatic nitrogens is 1. The molecule has 0 aliphatic carbocycles. The fourth-order valence-corrected chi connectivity index (χ4v) is 3.00. The van der Waals surface area contributed by atoms with Gasteiger partial charge in [0, 0.05) is 37.6 Å². The molecule has 1 atom stereocenters. The van der Waals surface area contributed by atoms with Crippen LogP contribution in [0.2, 0.25) is 0 Å². The Morgan fingerprint density at radius 3 is 2.76 bits per heavy atom. The summed E-state index contributed by atoms with van der Waals surface area (Å²) in [7, 11) is 2.18. The molecule has 0 radical (unpaired) electrons. The third-order valence-corrected chi connectivity index (χ3v) is 4.16. The highest BCUT2D eigenvalue weighted by Gasteiger charge is 2.18. The van der Waals surface area contributed by atoms with Gasteiger partial charge in [-0.2, -0.15) is 0 Å². The van der Waals surface area contributed by atoms with E-state index in [4.69, 9.17) is 4.98 Å². The summed E-state index contributed by atoms with van der Waals surface area (Å²) in [5.74, 6) is 0. The van der Waals surface area contributed by atoms with Gasteiger partial charge >= 0.3 is 0 Å². The molecule has 2 rings (SSSR count). The maximum absolute atomic E-state index is 4.74. The molecule has 0 bridgehead atoms. The monoisotopic (exact) mass is 254 g/mol.